The van der Waals surface area contributed by atoms with Gasteiger partial charge in [-0.05, 0) is 60.0 Å². The van der Waals surface area contributed by atoms with Gasteiger partial charge in [0.25, 0.3) is 0 Å². The van der Waals surface area contributed by atoms with E-state index < -0.39 is 5.92 Å². The van der Waals surface area contributed by atoms with E-state index in [1.165, 1.54) is 11.1 Å². The van der Waals surface area contributed by atoms with Crippen LogP contribution in [0.15, 0.2) is 84.2 Å². The van der Waals surface area contributed by atoms with Crippen molar-refractivity contribution in [1.82, 2.24) is 9.97 Å². The summed E-state index contributed by atoms with van der Waals surface area (Å²) in [5.74, 6) is -0.483. The summed E-state index contributed by atoms with van der Waals surface area (Å²) in [6.45, 7) is 0. The average molecular weight is 378 g/mol. The second-order valence-electron chi connectivity index (χ2n) is 7.04. The molecule has 1 unspecified atom stereocenters. The molecule has 0 saturated heterocycles. The zero-order valence-corrected chi connectivity index (χ0v) is 15.6. The predicted octanol–water partition coefficient (Wildman–Crippen LogP) is 4.66. The monoisotopic (exact) mass is 378 g/mol. The van der Waals surface area contributed by atoms with Crippen molar-refractivity contribution in [2.45, 2.75) is 12.3 Å². The van der Waals surface area contributed by atoms with Gasteiger partial charge in [0.2, 0.25) is 5.91 Å². The molecule has 1 atom stereocenters. The second kappa shape index (κ2) is 7.28. The van der Waals surface area contributed by atoms with Crippen LogP contribution in [0, 0.1) is 0 Å². The van der Waals surface area contributed by atoms with E-state index in [1.54, 1.807) is 24.8 Å². The van der Waals surface area contributed by atoms with Crippen LogP contribution in [0.25, 0.3) is 10.9 Å². The first-order valence-electron chi connectivity index (χ1n) is 9.48. The lowest BCUT2D eigenvalue weighted by Gasteiger charge is -2.07. The second-order valence-corrected chi connectivity index (χ2v) is 7.04. The number of nitrogens with one attached hydrogen (secondary N) is 1. The zero-order chi connectivity index (χ0) is 19.6. The third-order valence-electron chi connectivity index (χ3n) is 5.14. The summed E-state index contributed by atoms with van der Waals surface area (Å²) in [6, 6.07) is 19.8. The number of carbonyl (C=O) groups is 1. The fourth-order valence-corrected chi connectivity index (χ4v) is 3.70. The molecule has 0 bridgehead atoms. The van der Waals surface area contributed by atoms with Gasteiger partial charge in [-0.3, -0.25) is 19.8 Å². The van der Waals surface area contributed by atoms with E-state index in [1.807, 2.05) is 48.5 Å². The van der Waals surface area contributed by atoms with Crippen molar-refractivity contribution < 1.29 is 4.79 Å². The largest absolute Gasteiger partial charge is 0.325 e. The summed E-state index contributed by atoms with van der Waals surface area (Å²) in [5.41, 5.74) is 5.90. The summed E-state index contributed by atoms with van der Waals surface area (Å²) < 4.78 is 0. The Morgan fingerprint density at radius 3 is 2.55 bits per heavy atom. The molecule has 0 saturated carbocycles. The minimum atomic E-state index is -0.422. The van der Waals surface area contributed by atoms with Crippen molar-refractivity contribution in [3.8, 4) is 0 Å². The molecule has 5 rings (SSSR count). The van der Waals surface area contributed by atoms with Gasteiger partial charge < -0.3 is 5.32 Å². The van der Waals surface area contributed by atoms with Crippen LogP contribution < -0.4 is 5.32 Å². The fraction of sp³-hybridized carbons (Fsp3) is 0.0833. The molecule has 0 spiro atoms. The molecular weight excluding hydrogens is 360 g/mol. The number of nitrogens with zero attached hydrogens (tertiary/aromatic N) is 3. The van der Waals surface area contributed by atoms with Gasteiger partial charge in [0.15, 0.2) is 0 Å². The van der Waals surface area contributed by atoms with Crippen LogP contribution in [0.5, 0.6) is 0 Å². The number of pyridine rings is 2. The third-order valence-corrected chi connectivity index (χ3v) is 5.14. The van der Waals surface area contributed by atoms with E-state index in [0.717, 1.165) is 34.3 Å². The number of benzene rings is 2. The number of rotatable bonds is 4. The summed E-state index contributed by atoms with van der Waals surface area (Å²) >= 11 is 0. The van der Waals surface area contributed by atoms with Crippen molar-refractivity contribution in [2.24, 2.45) is 4.99 Å². The van der Waals surface area contributed by atoms with Crippen LogP contribution in [0.2, 0.25) is 0 Å². The van der Waals surface area contributed by atoms with E-state index in [-0.39, 0.29) is 5.91 Å². The van der Waals surface area contributed by atoms with Crippen molar-refractivity contribution >= 4 is 34.4 Å². The number of amides is 1. The Labute approximate surface area is 168 Å². The molecule has 2 aromatic carbocycles. The molecular formula is C24H18N4O. The first-order valence-corrected chi connectivity index (χ1v) is 9.48. The standard InChI is InChI=1S/C24H18N4O/c29-24-20(23-19-2-1-11-26-21(19)7-8-22(23)28-24)15-27-18-5-3-16(4-6-18)14-17-9-12-25-13-10-17/h1-13,15,20H,14H2,(H,28,29). The minimum absolute atomic E-state index is 0.0607. The first kappa shape index (κ1) is 17.3. The molecule has 1 N–H and O–H groups in total. The number of aliphatic imine (C=N–C) groups is 1. The summed E-state index contributed by atoms with van der Waals surface area (Å²) in [7, 11) is 0. The molecule has 0 aliphatic carbocycles. The van der Waals surface area contributed by atoms with Crippen LogP contribution in [0.3, 0.4) is 0 Å². The van der Waals surface area contributed by atoms with Gasteiger partial charge >= 0.3 is 0 Å². The lowest BCUT2D eigenvalue weighted by Crippen LogP contribution is -2.13. The number of aromatic nitrogens is 2. The number of fused-ring (bicyclic) bond motifs is 3. The van der Waals surface area contributed by atoms with E-state index in [9.17, 15) is 4.79 Å². The van der Waals surface area contributed by atoms with Crippen LogP contribution in [0.4, 0.5) is 11.4 Å². The quantitative estimate of drug-likeness (QED) is 0.525. The van der Waals surface area contributed by atoms with Gasteiger partial charge in [-0.1, -0.05) is 18.2 Å². The van der Waals surface area contributed by atoms with E-state index in [2.05, 4.69) is 32.4 Å². The SMILES string of the molecule is O=C1Nc2ccc3ncccc3c2C1C=Nc1ccc(Cc2ccncc2)cc1. The average Bonchev–Trinajstić information content (AvgIpc) is 3.09. The Bertz CT molecular complexity index is 1220. The maximum absolute atomic E-state index is 12.5. The predicted molar refractivity (Wildman–Crippen MR) is 115 cm³/mol. The Morgan fingerprint density at radius 2 is 1.72 bits per heavy atom. The van der Waals surface area contributed by atoms with Gasteiger partial charge in [-0.2, -0.15) is 0 Å². The van der Waals surface area contributed by atoms with Crippen LogP contribution in [-0.2, 0) is 11.2 Å². The van der Waals surface area contributed by atoms with E-state index >= 15 is 0 Å². The highest BCUT2D eigenvalue weighted by Gasteiger charge is 2.31. The molecule has 1 aliphatic heterocycles. The summed E-state index contributed by atoms with van der Waals surface area (Å²) in [5, 5.41) is 3.93. The molecule has 1 aliphatic rings. The maximum atomic E-state index is 12.5. The topological polar surface area (TPSA) is 67.2 Å². The minimum Gasteiger partial charge on any atom is -0.325 e. The van der Waals surface area contributed by atoms with Crippen molar-refractivity contribution in [3.05, 3.63) is 95.9 Å². The Kier molecular flexibility index (Phi) is 4.33. The van der Waals surface area contributed by atoms with Crippen LogP contribution in [-0.4, -0.2) is 22.1 Å². The first-order chi connectivity index (χ1) is 14.3. The molecule has 0 fully saturated rings. The number of hydrogen-bond donors (Lipinski definition) is 1. The molecule has 29 heavy (non-hydrogen) atoms. The van der Waals surface area contributed by atoms with Gasteiger partial charge in [-0.15, -0.1) is 0 Å². The van der Waals surface area contributed by atoms with E-state index in [0.29, 0.717) is 0 Å². The number of hydrogen-bond acceptors (Lipinski definition) is 4. The number of anilines is 1. The Balaban J connectivity index is 1.40. The van der Waals surface area contributed by atoms with Gasteiger partial charge in [0.1, 0.15) is 5.92 Å². The van der Waals surface area contributed by atoms with Gasteiger partial charge in [-0.25, -0.2) is 0 Å². The number of carbonyl (C=O) groups excluding carboxylic acids is 1. The molecule has 2 aromatic heterocycles. The van der Waals surface area contributed by atoms with E-state index in [4.69, 9.17) is 0 Å². The fourth-order valence-electron chi connectivity index (χ4n) is 3.70. The molecule has 1 amide bonds. The highest BCUT2D eigenvalue weighted by Crippen LogP contribution is 2.37. The smallest absolute Gasteiger partial charge is 0.237 e. The highest BCUT2D eigenvalue weighted by atomic mass is 16.2. The van der Waals surface area contributed by atoms with Crippen molar-refractivity contribution in [3.63, 3.8) is 0 Å². The third kappa shape index (κ3) is 3.38. The summed E-state index contributed by atoms with van der Waals surface area (Å²) in [4.78, 5) is 25.5. The Hall–Kier alpha value is -3.86. The van der Waals surface area contributed by atoms with Crippen LogP contribution in [0.1, 0.15) is 22.6 Å². The zero-order valence-electron chi connectivity index (χ0n) is 15.6. The molecule has 3 heterocycles. The van der Waals surface area contributed by atoms with Crippen molar-refractivity contribution in [2.75, 3.05) is 5.32 Å². The molecule has 5 nitrogen and oxygen atoms in total. The summed E-state index contributed by atoms with van der Waals surface area (Å²) in [6.07, 6.45) is 7.94. The lowest BCUT2D eigenvalue weighted by molar-refractivity contribution is -0.115. The molecule has 140 valence electrons. The highest BCUT2D eigenvalue weighted by molar-refractivity contribution is 6.16. The lowest BCUT2D eigenvalue weighted by atomic mass is 9.97. The maximum Gasteiger partial charge on any atom is 0.237 e. The molecule has 0 radical (unpaired) electrons. The van der Waals surface area contributed by atoms with Gasteiger partial charge in [0, 0.05) is 41.4 Å². The van der Waals surface area contributed by atoms with Crippen LogP contribution >= 0.6 is 0 Å². The molecule has 5 heteroatoms. The molecule has 4 aromatic rings. The normalized spacial score (nSPS) is 15.6. The van der Waals surface area contributed by atoms with Crippen molar-refractivity contribution in [1.29, 1.82) is 0 Å². The Morgan fingerprint density at radius 1 is 0.931 bits per heavy atom. The van der Waals surface area contributed by atoms with Gasteiger partial charge in [0.05, 0.1) is 11.2 Å².